The Bertz CT molecular complexity index is 1170. The van der Waals surface area contributed by atoms with E-state index in [-0.39, 0.29) is 5.57 Å². The molecule has 0 spiro atoms. The zero-order chi connectivity index (χ0) is 24.1. The maximum atomic E-state index is 12.7. The highest BCUT2D eigenvalue weighted by molar-refractivity contribution is 6.32. The third-order valence-corrected chi connectivity index (χ3v) is 5.35. The standard InChI is InChI=1S/C24H22ClN3O5/c1-27-18-7-5-6-8-19(18)28(2)24(27)16(13-26)20(29)14-33-22(30)10-9-15-11-17(25)23(32-4)21(12-15)31-3/h5-12H,14H2,1-4H3. The molecule has 8 nitrogen and oxygen atoms in total. The van der Waals surface area contributed by atoms with Gasteiger partial charge in [-0.25, -0.2) is 4.79 Å². The van der Waals surface area contributed by atoms with Gasteiger partial charge >= 0.3 is 5.97 Å². The van der Waals surface area contributed by atoms with Crippen molar-refractivity contribution in [3.63, 3.8) is 0 Å². The van der Waals surface area contributed by atoms with Crippen LogP contribution in [0.5, 0.6) is 11.5 Å². The van der Waals surface area contributed by atoms with Crippen LogP contribution in [0, 0.1) is 11.3 Å². The third-order valence-electron chi connectivity index (χ3n) is 5.07. The highest BCUT2D eigenvalue weighted by Crippen LogP contribution is 2.40. The molecule has 1 heterocycles. The summed E-state index contributed by atoms with van der Waals surface area (Å²) in [6.45, 7) is -0.569. The van der Waals surface area contributed by atoms with Crippen LogP contribution in [0.15, 0.2) is 53.9 Å². The first-order valence-electron chi connectivity index (χ1n) is 9.82. The zero-order valence-corrected chi connectivity index (χ0v) is 19.3. The normalized spacial score (nSPS) is 12.4. The van der Waals surface area contributed by atoms with Gasteiger partial charge in [0, 0.05) is 20.2 Å². The number of rotatable bonds is 7. The first-order valence-corrected chi connectivity index (χ1v) is 10.2. The zero-order valence-electron chi connectivity index (χ0n) is 18.6. The van der Waals surface area contributed by atoms with Crippen molar-refractivity contribution in [2.45, 2.75) is 0 Å². The smallest absolute Gasteiger partial charge is 0.331 e. The van der Waals surface area contributed by atoms with Gasteiger partial charge < -0.3 is 24.0 Å². The molecule has 0 bridgehead atoms. The number of ether oxygens (including phenoxy) is 3. The fraction of sp³-hybridized carbons (Fsp3) is 0.208. The molecule has 0 aromatic heterocycles. The van der Waals surface area contributed by atoms with E-state index in [1.807, 2.05) is 30.3 Å². The molecule has 0 aliphatic carbocycles. The molecule has 3 rings (SSSR count). The van der Waals surface area contributed by atoms with Gasteiger partial charge in [0.05, 0.1) is 30.6 Å². The minimum Gasteiger partial charge on any atom is -0.493 e. The van der Waals surface area contributed by atoms with Crippen LogP contribution >= 0.6 is 11.6 Å². The van der Waals surface area contributed by atoms with Gasteiger partial charge in [-0.2, -0.15) is 5.26 Å². The van der Waals surface area contributed by atoms with Crippen molar-refractivity contribution >= 4 is 40.8 Å². The lowest BCUT2D eigenvalue weighted by molar-refractivity contribution is -0.141. The van der Waals surface area contributed by atoms with Crippen molar-refractivity contribution in [2.24, 2.45) is 0 Å². The molecule has 1 aliphatic rings. The molecular formula is C24H22ClN3O5. The fourth-order valence-corrected chi connectivity index (χ4v) is 3.81. The first kappa shape index (κ1) is 23.7. The van der Waals surface area contributed by atoms with E-state index in [0.29, 0.717) is 27.9 Å². The molecular weight excluding hydrogens is 446 g/mol. The summed E-state index contributed by atoms with van der Waals surface area (Å²) in [6, 6.07) is 12.7. The average Bonchev–Trinajstić information content (AvgIpc) is 3.07. The summed E-state index contributed by atoms with van der Waals surface area (Å²) in [7, 11) is 6.48. The Hall–Kier alpha value is -3.96. The van der Waals surface area contributed by atoms with Gasteiger partial charge in [-0.1, -0.05) is 23.7 Å². The minimum absolute atomic E-state index is 0.0975. The van der Waals surface area contributed by atoms with Gasteiger partial charge in [0.1, 0.15) is 17.5 Å². The maximum Gasteiger partial charge on any atom is 0.331 e. The first-order chi connectivity index (χ1) is 15.8. The number of benzene rings is 2. The number of methoxy groups -OCH3 is 2. The quantitative estimate of drug-likeness (QED) is 0.345. The molecule has 0 N–H and O–H groups in total. The lowest BCUT2D eigenvalue weighted by atomic mass is 10.2. The van der Waals surface area contributed by atoms with E-state index in [2.05, 4.69) is 0 Å². The topological polar surface area (TPSA) is 92.1 Å². The van der Waals surface area contributed by atoms with Crippen molar-refractivity contribution in [1.82, 2.24) is 0 Å². The summed E-state index contributed by atoms with van der Waals surface area (Å²) in [4.78, 5) is 28.4. The van der Waals surface area contributed by atoms with Crippen molar-refractivity contribution in [1.29, 1.82) is 5.26 Å². The number of ketones is 1. The highest BCUT2D eigenvalue weighted by Gasteiger charge is 2.31. The predicted molar refractivity (Wildman–Crippen MR) is 125 cm³/mol. The molecule has 0 saturated carbocycles. The van der Waals surface area contributed by atoms with E-state index in [1.54, 1.807) is 36.0 Å². The largest absolute Gasteiger partial charge is 0.493 e. The van der Waals surface area contributed by atoms with Crippen LogP contribution in [0.2, 0.25) is 5.02 Å². The van der Waals surface area contributed by atoms with Gasteiger partial charge in [0.15, 0.2) is 18.1 Å². The number of Topliss-reactive ketones (excluding diaryl/α,β-unsaturated/α-hetero) is 1. The molecule has 0 saturated heterocycles. The van der Waals surface area contributed by atoms with Crippen LogP contribution < -0.4 is 19.3 Å². The van der Waals surface area contributed by atoms with Gasteiger partial charge in [-0.15, -0.1) is 0 Å². The Balaban J connectivity index is 1.71. The van der Waals surface area contributed by atoms with Crippen LogP contribution in [0.4, 0.5) is 11.4 Å². The van der Waals surface area contributed by atoms with Crippen LogP contribution in [0.3, 0.4) is 0 Å². The lowest BCUT2D eigenvalue weighted by Gasteiger charge is -2.19. The Labute approximate surface area is 196 Å². The number of anilines is 2. The van der Waals surface area contributed by atoms with Crippen LogP contribution in [-0.2, 0) is 14.3 Å². The molecule has 2 aromatic rings. The Morgan fingerprint density at radius 2 is 1.73 bits per heavy atom. The van der Waals surface area contributed by atoms with Gasteiger partial charge in [0.25, 0.3) is 0 Å². The van der Waals surface area contributed by atoms with Gasteiger partial charge in [-0.05, 0) is 35.9 Å². The molecule has 0 fully saturated rings. The monoisotopic (exact) mass is 467 g/mol. The van der Waals surface area contributed by atoms with Crippen LogP contribution in [0.25, 0.3) is 6.08 Å². The molecule has 0 radical (unpaired) electrons. The Morgan fingerprint density at radius 3 is 2.27 bits per heavy atom. The van der Waals surface area contributed by atoms with Crippen LogP contribution in [-0.4, -0.2) is 46.7 Å². The number of fused-ring (bicyclic) bond motifs is 1. The SMILES string of the molecule is COc1cc(C=CC(=O)OCC(=O)C(C#N)=C2N(C)c3ccccc3N2C)cc(Cl)c1OC. The number of carbonyl (C=O) groups excluding carboxylic acids is 2. The number of nitrogens with zero attached hydrogens (tertiary/aromatic N) is 3. The van der Waals surface area contributed by atoms with E-state index in [0.717, 1.165) is 17.5 Å². The summed E-state index contributed by atoms with van der Waals surface area (Å²) < 4.78 is 15.5. The van der Waals surface area contributed by atoms with E-state index in [9.17, 15) is 14.9 Å². The highest BCUT2D eigenvalue weighted by atomic mass is 35.5. The number of para-hydroxylation sites is 2. The summed E-state index contributed by atoms with van der Waals surface area (Å²) in [5.74, 6) is -0.131. The molecule has 0 unspecified atom stereocenters. The predicted octanol–water partition coefficient (Wildman–Crippen LogP) is 3.80. The van der Waals surface area contributed by atoms with Crippen molar-refractivity contribution < 1.29 is 23.8 Å². The number of nitriles is 1. The maximum absolute atomic E-state index is 12.7. The Morgan fingerprint density at radius 1 is 1.09 bits per heavy atom. The average molecular weight is 468 g/mol. The summed E-state index contributed by atoms with van der Waals surface area (Å²) in [6.07, 6.45) is 2.63. The molecule has 170 valence electrons. The second-order valence-corrected chi connectivity index (χ2v) is 7.43. The van der Waals surface area contributed by atoms with Gasteiger partial charge in [-0.3, -0.25) is 4.79 Å². The van der Waals surface area contributed by atoms with E-state index >= 15 is 0 Å². The number of hydrogen-bond donors (Lipinski definition) is 0. The second kappa shape index (κ2) is 10.1. The number of hydrogen-bond acceptors (Lipinski definition) is 8. The number of carbonyl (C=O) groups is 2. The van der Waals surface area contributed by atoms with Crippen LogP contribution in [0.1, 0.15) is 5.56 Å². The lowest BCUT2D eigenvalue weighted by Crippen LogP contribution is -2.27. The Kier molecular flexibility index (Phi) is 7.26. The molecule has 33 heavy (non-hydrogen) atoms. The van der Waals surface area contributed by atoms with E-state index < -0.39 is 18.4 Å². The molecule has 9 heteroatoms. The molecule has 0 atom stereocenters. The molecule has 0 amide bonds. The minimum atomic E-state index is -0.743. The number of esters is 1. The number of halogens is 1. The molecule has 1 aliphatic heterocycles. The van der Waals surface area contributed by atoms with E-state index in [1.165, 1.54) is 20.3 Å². The van der Waals surface area contributed by atoms with Crippen molar-refractivity contribution in [2.75, 3.05) is 44.7 Å². The summed E-state index contributed by atoms with van der Waals surface area (Å²) >= 11 is 6.16. The van der Waals surface area contributed by atoms with Crippen molar-refractivity contribution in [3.05, 3.63) is 64.5 Å². The summed E-state index contributed by atoms with van der Waals surface area (Å²) in [5, 5.41) is 9.95. The van der Waals surface area contributed by atoms with Gasteiger partial charge in [0.2, 0.25) is 5.78 Å². The second-order valence-electron chi connectivity index (χ2n) is 7.02. The summed E-state index contributed by atoms with van der Waals surface area (Å²) in [5.41, 5.74) is 2.21. The third kappa shape index (κ3) is 4.78. The van der Waals surface area contributed by atoms with E-state index in [4.69, 9.17) is 25.8 Å². The molecule has 2 aromatic carbocycles. The van der Waals surface area contributed by atoms with Crippen molar-refractivity contribution in [3.8, 4) is 17.6 Å². The fourth-order valence-electron chi connectivity index (χ4n) is 3.51.